The Balaban J connectivity index is 3.34. The van der Waals surface area contributed by atoms with Crippen LogP contribution in [0.25, 0.3) is 0 Å². The molecule has 1 aromatic rings. The Hall–Kier alpha value is -0.950. The summed E-state index contributed by atoms with van der Waals surface area (Å²) in [5, 5.41) is 9.74. The van der Waals surface area contributed by atoms with E-state index in [2.05, 4.69) is 9.97 Å². The number of nitrogen functional groups attached to an aromatic ring is 1. The number of carbonyl (C=O) groups is 1. The molecular formula is C7H9N3O2S2. The van der Waals surface area contributed by atoms with Crippen LogP contribution < -0.4 is 5.73 Å². The molecule has 0 aromatic carbocycles. The van der Waals surface area contributed by atoms with E-state index in [0.29, 0.717) is 10.2 Å². The maximum absolute atomic E-state index is 10.8. The number of rotatable bonds is 3. The van der Waals surface area contributed by atoms with Crippen molar-refractivity contribution in [3.63, 3.8) is 0 Å². The number of hydrogen-bond donors (Lipinski definition) is 2. The number of hydrogen-bond acceptors (Lipinski definition) is 6. The monoisotopic (exact) mass is 231 g/mol. The van der Waals surface area contributed by atoms with Gasteiger partial charge in [-0.25, -0.2) is 14.8 Å². The van der Waals surface area contributed by atoms with Gasteiger partial charge in [0.2, 0.25) is 0 Å². The maximum Gasteiger partial charge on any atom is 0.342 e. The second kappa shape index (κ2) is 4.52. The number of carboxylic acids is 1. The fourth-order valence-corrected chi connectivity index (χ4v) is 1.88. The van der Waals surface area contributed by atoms with E-state index in [1.165, 1.54) is 23.5 Å². The van der Waals surface area contributed by atoms with E-state index in [1.54, 1.807) is 12.5 Å². The van der Waals surface area contributed by atoms with Crippen LogP contribution in [0.2, 0.25) is 0 Å². The Kier molecular flexibility index (Phi) is 3.59. The van der Waals surface area contributed by atoms with Crippen LogP contribution in [0.3, 0.4) is 0 Å². The van der Waals surface area contributed by atoms with E-state index >= 15 is 0 Å². The average molecular weight is 231 g/mol. The van der Waals surface area contributed by atoms with E-state index in [1.807, 2.05) is 0 Å². The summed E-state index contributed by atoms with van der Waals surface area (Å²) in [5.74, 6) is -1.08. The van der Waals surface area contributed by atoms with Crippen molar-refractivity contribution < 1.29 is 9.90 Å². The highest BCUT2D eigenvalue weighted by Crippen LogP contribution is 2.24. The standard InChI is InChI=1S/C7H9N3O2S2/c1-13-5-3(6(11)12)4(8)9-7(10-5)14-2/h1-2H3,(H,11,12)(H2,8,9,10). The first-order valence-corrected chi connectivity index (χ1v) is 6.04. The zero-order valence-corrected chi connectivity index (χ0v) is 9.28. The molecule has 0 aliphatic carbocycles. The number of thioether (sulfide) groups is 2. The normalized spacial score (nSPS) is 10.1. The lowest BCUT2D eigenvalue weighted by atomic mass is 10.3. The van der Waals surface area contributed by atoms with E-state index in [0.717, 1.165) is 0 Å². The molecule has 0 aliphatic rings. The molecule has 0 atom stereocenters. The van der Waals surface area contributed by atoms with Gasteiger partial charge in [0.05, 0.1) is 0 Å². The largest absolute Gasteiger partial charge is 0.477 e. The summed E-state index contributed by atoms with van der Waals surface area (Å²) in [6, 6.07) is 0. The number of aromatic carboxylic acids is 1. The molecule has 76 valence electrons. The molecule has 5 nitrogen and oxygen atoms in total. The second-order valence-corrected chi connectivity index (χ2v) is 3.85. The summed E-state index contributed by atoms with van der Waals surface area (Å²) in [7, 11) is 0. The third-order valence-corrected chi connectivity index (χ3v) is 2.70. The third-order valence-electron chi connectivity index (χ3n) is 1.47. The molecule has 0 saturated carbocycles. The molecule has 0 fully saturated rings. The summed E-state index contributed by atoms with van der Waals surface area (Å²) in [6.45, 7) is 0. The van der Waals surface area contributed by atoms with Crippen molar-refractivity contribution in [3.05, 3.63) is 5.56 Å². The molecule has 0 aliphatic heterocycles. The highest BCUT2D eigenvalue weighted by atomic mass is 32.2. The molecule has 3 N–H and O–H groups in total. The lowest BCUT2D eigenvalue weighted by Crippen LogP contribution is -2.09. The zero-order valence-electron chi connectivity index (χ0n) is 7.64. The van der Waals surface area contributed by atoms with Crippen molar-refractivity contribution in [3.8, 4) is 0 Å². The molecular weight excluding hydrogens is 222 g/mol. The van der Waals surface area contributed by atoms with Gasteiger partial charge >= 0.3 is 5.97 Å². The van der Waals surface area contributed by atoms with Gasteiger partial charge in [0.1, 0.15) is 16.4 Å². The Morgan fingerprint density at radius 2 is 2.00 bits per heavy atom. The highest BCUT2D eigenvalue weighted by molar-refractivity contribution is 7.99. The van der Waals surface area contributed by atoms with Crippen LogP contribution in [0.15, 0.2) is 10.2 Å². The minimum atomic E-state index is -1.10. The predicted octanol–water partition coefficient (Wildman–Crippen LogP) is 1.20. The van der Waals surface area contributed by atoms with Crippen LogP contribution in [0.5, 0.6) is 0 Å². The molecule has 1 heterocycles. The number of aromatic nitrogens is 2. The Morgan fingerprint density at radius 3 is 2.43 bits per heavy atom. The van der Waals surface area contributed by atoms with Crippen molar-refractivity contribution >= 4 is 35.3 Å². The molecule has 0 amide bonds. The maximum atomic E-state index is 10.8. The van der Waals surface area contributed by atoms with Crippen LogP contribution in [0.1, 0.15) is 10.4 Å². The van der Waals surface area contributed by atoms with Crippen LogP contribution in [-0.4, -0.2) is 33.6 Å². The van der Waals surface area contributed by atoms with E-state index in [4.69, 9.17) is 10.8 Å². The van der Waals surface area contributed by atoms with Crippen molar-refractivity contribution in [2.24, 2.45) is 0 Å². The fraction of sp³-hybridized carbons (Fsp3) is 0.286. The first kappa shape index (κ1) is 11.1. The fourth-order valence-electron chi connectivity index (χ4n) is 0.876. The Morgan fingerprint density at radius 1 is 1.36 bits per heavy atom. The van der Waals surface area contributed by atoms with Gasteiger partial charge in [-0.1, -0.05) is 11.8 Å². The zero-order chi connectivity index (χ0) is 10.7. The first-order valence-electron chi connectivity index (χ1n) is 3.59. The van der Waals surface area contributed by atoms with Gasteiger partial charge in [0.25, 0.3) is 0 Å². The number of nitrogens with zero attached hydrogens (tertiary/aromatic N) is 2. The van der Waals surface area contributed by atoms with Gasteiger partial charge in [0.15, 0.2) is 5.16 Å². The number of anilines is 1. The molecule has 14 heavy (non-hydrogen) atoms. The Labute approximate surface area is 89.5 Å². The van der Waals surface area contributed by atoms with Crippen LogP contribution in [0.4, 0.5) is 5.82 Å². The van der Waals surface area contributed by atoms with Gasteiger partial charge in [-0.15, -0.1) is 11.8 Å². The molecule has 0 spiro atoms. The molecule has 0 unspecified atom stereocenters. The SMILES string of the molecule is CSc1nc(N)c(C(=O)O)c(SC)n1. The van der Waals surface area contributed by atoms with Gasteiger partial charge in [0, 0.05) is 0 Å². The summed E-state index contributed by atoms with van der Waals surface area (Å²) in [4.78, 5) is 18.7. The van der Waals surface area contributed by atoms with Crippen molar-refractivity contribution in [1.82, 2.24) is 9.97 Å². The first-order chi connectivity index (χ1) is 6.60. The number of nitrogens with two attached hydrogens (primary N) is 1. The minimum absolute atomic E-state index is 0.0150. The van der Waals surface area contributed by atoms with E-state index in [-0.39, 0.29) is 11.4 Å². The molecule has 1 aromatic heterocycles. The number of carboxylic acid groups (broad SMARTS) is 1. The smallest absolute Gasteiger partial charge is 0.342 e. The predicted molar refractivity (Wildman–Crippen MR) is 57.0 cm³/mol. The molecule has 0 radical (unpaired) electrons. The average Bonchev–Trinajstić information content (AvgIpc) is 2.15. The van der Waals surface area contributed by atoms with Crippen molar-refractivity contribution in [2.75, 3.05) is 18.2 Å². The molecule has 0 saturated heterocycles. The van der Waals surface area contributed by atoms with E-state index < -0.39 is 5.97 Å². The van der Waals surface area contributed by atoms with Gasteiger partial charge in [-0.3, -0.25) is 0 Å². The van der Waals surface area contributed by atoms with Gasteiger partial charge in [-0.2, -0.15) is 0 Å². The quantitative estimate of drug-likeness (QED) is 0.459. The van der Waals surface area contributed by atoms with Crippen molar-refractivity contribution in [2.45, 2.75) is 10.2 Å². The van der Waals surface area contributed by atoms with Crippen LogP contribution >= 0.6 is 23.5 Å². The molecule has 7 heteroatoms. The lowest BCUT2D eigenvalue weighted by Gasteiger charge is -2.06. The van der Waals surface area contributed by atoms with Crippen LogP contribution in [0, 0.1) is 0 Å². The molecule has 0 bridgehead atoms. The third kappa shape index (κ3) is 2.10. The highest BCUT2D eigenvalue weighted by Gasteiger charge is 2.17. The second-order valence-electron chi connectivity index (χ2n) is 2.28. The summed E-state index contributed by atoms with van der Waals surface area (Å²) >= 11 is 2.57. The topological polar surface area (TPSA) is 89.1 Å². The molecule has 1 rings (SSSR count). The summed E-state index contributed by atoms with van der Waals surface area (Å²) in [5.41, 5.74) is 5.50. The van der Waals surface area contributed by atoms with Gasteiger partial charge in [-0.05, 0) is 12.5 Å². The van der Waals surface area contributed by atoms with Gasteiger partial charge < -0.3 is 10.8 Å². The minimum Gasteiger partial charge on any atom is -0.477 e. The lowest BCUT2D eigenvalue weighted by molar-refractivity contribution is 0.0692. The summed E-state index contributed by atoms with van der Waals surface area (Å²) in [6.07, 6.45) is 3.55. The Bertz CT molecular complexity index is 370. The van der Waals surface area contributed by atoms with E-state index in [9.17, 15) is 4.79 Å². The van der Waals surface area contributed by atoms with Crippen LogP contribution in [-0.2, 0) is 0 Å². The summed E-state index contributed by atoms with van der Waals surface area (Å²) < 4.78 is 0. The van der Waals surface area contributed by atoms with Crippen molar-refractivity contribution in [1.29, 1.82) is 0 Å².